The van der Waals surface area contributed by atoms with Crippen LogP contribution >= 0.6 is 0 Å². The van der Waals surface area contributed by atoms with Crippen LogP contribution in [0.25, 0.3) is 0 Å². The van der Waals surface area contributed by atoms with E-state index in [0.717, 1.165) is 13.1 Å². The molecule has 0 bridgehead atoms. The maximum Gasteiger partial charge on any atom is 0.258 e. The first-order valence-corrected chi connectivity index (χ1v) is 11.1. The Hall–Kier alpha value is -2.41. The van der Waals surface area contributed by atoms with Crippen molar-refractivity contribution in [3.05, 3.63) is 29.8 Å². The standard InChI is InChI=1S/C23H32N4O3/c1-16-7-6-12-25(14-16)17(2)13-24-20(28)15-26-22(30)18-8-4-5-9-19(18)27-21(29)10-11-23(26,27)3/h4-5,8-9,16-17H,6-7,10-15H2,1-3H3,(H,24,28). The van der Waals surface area contributed by atoms with Crippen LogP contribution in [0.2, 0.25) is 0 Å². The Morgan fingerprint density at radius 1 is 1.30 bits per heavy atom. The third-order valence-electron chi connectivity index (χ3n) is 6.95. The van der Waals surface area contributed by atoms with Crippen LogP contribution in [0.1, 0.15) is 56.8 Å². The van der Waals surface area contributed by atoms with Crippen molar-refractivity contribution in [1.82, 2.24) is 15.1 Å². The van der Waals surface area contributed by atoms with Crippen molar-refractivity contribution < 1.29 is 14.4 Å². The molecule has 1 aromatic rings. The van der Waals surface area contributed by atoms with Crippen LogP contribution in [0.5, 0.6) is 0 Å². The molecule has 1 N–H and O–H groups in total. The van der Waals surface area contributed by atoms with E-state index in [4.69, 9.17) is 0 Å². The Balaban J connectivity index is 1.45. The maximum atomic E-state index is 13.2. The highest BCUT2D eigenvalue weighted by Gasteiger charge is 2.53. The molecule has 7 heteroatoms. The monoisotopic (exact) mass is 412 g/mol. The average Bonchev–Trinajstić information content (AvgIpc) is 3.05. The summed E-state index contributed by atoms with van der Waals surface area (Å²) in [5, 5.41) is 3.02. The SMILES string of the molecule is CC1CCCN(C(C)CNC(=O)CN2C(=O)c3ccccc3N3C(=O)CCC23C)C1. The van der Waals surface area contributed by atoms with Crippen molar-refractivity contribution in [3.63, 3.8) is 0 Å². The second-order valence-electron chi connectivity index (χ2n) is 9.25. The molecule has 162 valence electrons. The van der Waals surface area contributed by atoms with Crippen LogP contribution < -0.4 is 10.2 Å². The number of hydrogen-bond donors (Lipinski definition) is 1. The molecule has 3 amide bonds. The lowest BCUT2D eigenvalue weighted by molar-refractivity contribution is -0.124. The fraction of sp³-hybridized carbons (Fsp3) is 0.609. The summed E-state index contributed by atoms with van der Waals surface area (Å²) < 4.78 is 0. The minimum atomic E-state index is -0.798. The van der Waals surface area contributed by atoms with Gasteiger partial charge in [0.15, 0.2) is 0 Å². The number of nitrogens with one attached hydrogen (secondary N) is 1. The number of carbonyl (C=O) groups excluding carboxylic acids is 3. The van der Waals surface area contributed by atoms with Crippen molar-refractivity contribution in [2.45, 2.75) is 58.2 Å². The van der Waals surface area contributed by atoms with Gasteiger partial charge in [-0.2, -0.15) is 0 Å². The largest absolute Gasteiger partial charge is 0.353 e. The Kier molecular flexibility index (Phi) is 5.57. The van der Waals surface area contributed by atoms with E-state index in [-0.39, 0.29) is 30.3 Å². The van der Waals surface area contributed by atoms with E-state index >= 15 is 0 Å². The predicted octanol–water partition coefficient (Wildman–Crippen LogP) is 2.22. The summed E-state index contributed by atoms with van der Waals surface area (Å²) in [7, 11) is 0. The number of para-hydroxylation sites is 1. The van der Waals surface area contributed by atoms with Gasteiger partial charge in [-0.1, -0.05) is 19.1 Å². The van der Waals surface area contributed by atoms with E-state index in [1.807, 2.05) is 19.1 Å². The highest BCUT2D eigenvalue weighted by Crippen LogP contribution is 2.43. The number of fused-ring (bicyclic) bond motifs is 3. The van der Waals surface area contributed by atoms with Gasteiger partial charge in [-0.25, -0.2) is 0 Å². The summed E-state index contributed by atoms with van der Waals surface area (Å²) in [4.78, 5) is 44.3. The highest BCUT2D eigenvalue weighted by atomic mass is 16.2. The third kappa shape index (κ3) is 3.60. The molecule has 0 radical (unpaired) electrons. The maximum absolute atomic E-state index is 13.2. The number of hydrogen-bond acceptors (Lipinski definition) is 4. The smallest absolute Gasteiger partial charge is 0.258 e. The van der Waals surface area contributed by atoms with E-state index in [0.29, 0.717) is 36.6 Å². The molecular formula is C23H32N4O3. The van der Waals surface area contributed by atoms with Gasteiger partial charge < -0.3 is 10.2 Å². The highest BCUT2D eigenvalue weighted by molar-refractivity contribution is 6.11. The lowest BCUT2D eigenvalue weighted by atomic mass is 9.98. The van der Waals surface area contributed by atoms with Crippen molar-refractivity contribution in [3.8, 4) is 0 Å². The molecule has 3 heterocycles. The molecular weight excluding hydrogens is 380 g/mol. The van der Waals surface area contributed by atoms with Gasteiger partial charge in [0.1, 0.15) is 12.2 Å². The lowest BCUT2D eigenvalue weighted by Gasteiger charge is -2.48. The summed E-state index contributed by atoms with van der Waals surface area (Å²) in [6, 6.07) is 7.43. The zero-order chi connectivity index (χ0) is 21.5. The molecule has 0 saturated carbocycles. The molecule has 3 atom stereocenters. The van der Waals surface area contributed by atoms with E-state index < -0.39 is 5.66 Å². The van der Waals surface area contributed by atoms with Crippen molar-refractivity contribution in [1.29, 1.82) is 0 Å². The first-order valence-electron chi connectivity index (χ1n) is 11.1. The van der Waals surface area contributed by atoms with Gasteiger partial charge in [-0.05, 0) is 57.7 Å². The summed E-state index contributed by atoms with van der Waals surface area (Å²) in [6.07, 6.45) is 3.37. The second kappa shape index (κ2) is 8.02. The van der Waals surface area contributed by atoms with Crippen molar-refractivity contribution in [2.24, 2.45) is 5.92 Å². The van der Waals surface area contributed by atoms with E-state index in [1.54, 1.807) is 21.9 Å². The number of carbonyl (C=O) groups is 3. The van der Waals surface area contributed by atoms with Gasteiger partial charge in [0, 0.05) is 25.6 Å². The van der Waals surface area contributed by atoms with Gasteiger partial charge in [0.05, 0.1) is 11.3 Å². The molecule has 3 unspecified atom stereocenters. The van der Waals surface area contributed by atoms with Crippen molar-refractivity contribution in [2.75, 3.05) is 31.1 Å². The number of benzene rings is 1. The molecule has 4 rings (SSSR count). The number of piperidine rings is 1. The molecule has 30 heavy (non-hydrogen) atoms. The zero-order valence-corrected chi connectivity index (χ0v) is 18.2. The zero-order valence-electron chi connectivity index (χ0n) is 18.2. The topological polar surface area (TPSA) is 73.0 Å². The lowest BCUT2D eigenvalue weighted by Crippen LogP contribution is -2.64. The van der Waals surface area contributed by atoms with Gasteiger partial charge in [-0.15, -0.1) is 0 Å². The third-order valence-corrected chi connectivity index (χ3v) is 6.95. The van der Waals surface area contributed by atoms with Crippen LogP contribution in [0, 0.1) is 5.92 Å². The number of amides is 3. The molecule has 2 saturated heterocycles. The number of anilines is 1. The normalized spacial score (nSPS) is 27.6. The Labute approximate surface area is 178 Å². The predicted molar refractivity (Wildman–Crippen MR) is 115 cm³/mol. The van der Waals surface area contributed by atoms with Gasteiger partial charge in [0.2, 0.25) is 11.8 Å². The first-order chi connectivity index (χ1) is 14.3. The fourth-order valence-corrected chi connectivity index (χ4v) is 5.16. The van der Waals surface area contributed by atoms with E-state index in [2.05, 4.69) is 24.1 Å². The van der Waals surface area contributed by atoms with Crippen LogP contribution in [-0.2, 0) is 9.59 Å². The number of nitrogens with zero attached hydrogens (tertiary/aromatic N) is 3. The molecule has 0 aromatic heterocycles. The average molecular weight is 413 g/mol. The molecule has 0 aliphatic carbocycles. The quantitative estimate of drug-likeness (QED) is 0.805. The van der Waals surface area contributed by atoms with Crippen molar-refractivity contribution >= 4 is 23.4 Å². The molecule has 3 aliphatic heterocycles. The Morgan fingerprint density at radius 2 is 2.07 bits per heavy atom. The van der Waals surface area contributed by atoms with Crippen LogP contribution in [0.3, 0.4) is 0 Å². The molecule has 2 fully saturated rings. The summed E-state index contributed by atoms with van der Waals surface area (Å²) >= 11 is 0. The van der Waals surface area contributed by atoms with Gasteiger partial charge in [-0.3, -0.25) is 24.2 Å². The van der Waals surface area contributed by atoms with Gasteiger partial charge >= 0.3 is 0 Å². The van der Waals surface area contributed by atoms with Crippen LogP contribution in [-0.4, -0.2) is 65.4 Å². The number of rotatable bonds is 5. The van der Waals surface area contributed by atoms with Gasteiger partial charge in [0.25, 0.3) is 5.91 Å². The Bertz CT molecular complexity index is 857. The summed E-state index contributed by atoms with van der Waals surface area (Å²) in [5.74, 6) is 0.316. The van der Waals surface area contributed by atoms with Crippen LogP contribution in [0.15, 0.2) is 24.3 Å². The summed E-state index contributed by atoms with van der Waals surface area (Å²) in [5.41, 5.74) is 0.332. The van der Waals surface area contributed by atoms with Crippen LogP contribution in [0.4, 0.5) is 5.69 Å². The first kappa shape index (κ1) is 20.8. The molecule has 3 aliphatic rings. The number of likely N-dealkylation sites (tertiary alicyclic amines) is 1. The molecule has 1 aromatic carbocycles. The van der Waals surface area contributed by atoms with E-state index in [1.165, 1.54) is 12.8 Å². The summed E-state index contributed by atoms with van der Waals surface area (Å²) in [6.45, 7) is 8.94. The second-order valence-corrected chi connectivity index (χ2v) is 9.25. The minimum absolute atomic E-state index is 0.00398. The molecule has 0 spiro atoms. The Morgan fingerprint density at radius 3 is 2.83 bits per heavy atom. The molecule has 7 nitrogen and oxygen atoms in total. The minimum Gasteiger partial charge on any atom is -0.353 e. The fourth-order valence-electron chi connectivity index (χ4n) is 5.16. The van der Waals surface area contributed by atoms with E-state index in [9.17, 15) is 14.4 Å².